The maximum Gasteiger partial charge on any atom is 0.120 e. The largest absolute Gasteiger partial charge is 0.341 e. The molecular formula is C14H18N2S. The van der Waals surface area contributed by atoms with Crippen LogP contribution in [0.5, 0.6) is 0 Å². The Morgan fingerprint density at radius 3 is 2.82 bits per heavy atom. The van der Waals surface area contributed by atoms with E-state index in [2.05, 4.69) is 31.0 Å². The van der Waals surface area contributed by atoms with E-state index in [1.807, 2.05) is 11.8 Å². The van der Waals surface area contributed by atoms with Gasteiger partial charge >= 0.3 is 0 Å². The molecule has 90 valence electrons. The molecule has 0 saturated carbocycles. The van der Waals surface area contributed by atoms with Crippen molar-refractivity contribution in [3.63, 3.8) is 0 Å². The molecule has 0 radical (unpaired) electrons. The van der Waals surface area contributed by atoms with Crippen molar-refractivity contribution in [1.82, 2.24) is 9.97 Å². The van der Waals surface area contributed by atoms with E-state index < -0.39 is 0 Å². The summed E-state index contributed by atoms with van der Waals surface area (Å²) in [6.45, 7) is 4.31. The molecule has 1 unspecified atom stereocenters. The first kappa shape index (κ1) is 11.1. The molecule has 1 aliphatic heterocycles. The van der Waals surface area contributed by atoms with Gasteiger partial charge in [-0.05, 0) is 55.7 Å². The predicted molar refractivity (Wildman–Crippen MR) is 74.6 cm³/mol. The van der Waals surface area contributed by atoms with Crippen molar-refractivity contribution in [2.75, 3.05) is 5.75 Å². The molecule has 0 amide bonds. The minimum absolute atomic E-state index is 0.580. The molecule has 1 N–H and O–H groups in total. The Morgan fingerprint density at radius 2 is 2.06 bits per heavy atom. The first-order valence-corrected chi connectivity index (χ1v) is 7.37. The SMILES string of the molecule is Cc1cc2nc(C3CCCCS3)[nH]c2cc1C. The molecule has 0 bridgehead atoms. The van der Waals surface area contributed by atoms with E-state index in [0.29, 0.717) is 5.25 Å². The zero-order valence-corrected chi connectivity index (χ0v) is 11.2. The van der Waals surface area contributed by atoms with Crippen molar-refractivity contribution in [2.45, 2.75) is 38.4 Å². The van der Waals surface area contributed by atoms with E-state index in [9.17, 15) is 0 Å². The van der Waals surface area contributed by atoms with E-state index in [1.165, 1.54) is 47.5 Å². The summed E-state index contributed by atoms with van der Waals surface area (Å²) in [4.78, 5) is 8.26. The lowest BCUT2D eigenvalue weighted by molar-refractivity contribution is 0.668. The van der Waals surface area contributed by atoms with Crippen LogP contribution in [0.15, 0.2) is 12.1 Å². The lowest BCUT2D eigenvalue weighted by Gasteiger charge is -2.18. The van der Waals surface area contributed by atoms with Crippen LogP contribution in [-0.4, -0.2) is 15.7 Å². The van der Waals surface area contributed by atoms with Crippen LogP contribution in [-0.2, 0) is 0 Å². The molecule has 1 aromatic carbocycles. The second kappa shape index (κ2) is 4.37. The van der Waals surface area contributed by atoms with Gasteiger partial charge in [-0.25, -0.2) is 4.98 Å². The number of thioether (sulfide) groups is 1. The fourth-order valence-corrected chi connectivity index (χ4v) is 3.66. The van der Waals surface area contributed by atoms with Crippen molar-refractivity contribution in [3.8, 4) is 0 Å². The van der Waals surface area contributed by atoms with Gasteiger partial charge < -0.3 is 4.98 Å². The summed E-state index contributed by atoms with van der Waals surface area (Å²) in [6, 6.07) is 4.41. The predicted octanol–water partition coefficient (Wildman–Crippen LogP) is 4.14. The highest BCUT2D eigenvalue weighted by atomic mass is 32.2. The molecule has 1 atom stereocenters. The lowest BCUT2D eigenvalue weighted by Crippen LogP contribution is -2.03. The third kappa shape index (κ3) is 2.08. The Bertz CT molecular complexity index is 499. The van der Waals surface area contributed by atoms with Gasteiger partial charge in [0, 0.05) is 0 Å². The van der Waals surface area contributed by atoms with Crippen LogP contribution in [0.3, 0.4) is 0 Å². The van der Waals surface area contributed by atoms with Crippen molar-refractivity contribution >= 4 is 22.8 Å². The Balaban J connectivity index is 2.00. The third-order valence-electron chi connectivity index (χ3n) is 3.60. The number of nitrogens with one attached hydrogen (secondary N) is 1. The number of aromatic nitrogens is 2. The summed E-state index contributed by atoms with van der Waals surface area (Å²) in [6.07, 6.45) is 3.97. The van der Waals surface area contributed by atoms with Gasteiger partial charge in [0.25, 0.3) is 0 Å². The monoisotopic (exact) mass is 246 g/mol. The summed E-state index contributed by atoms with van der Waals surface area (Å²) in [5.74, 6) is 2.45. The molecule has 2 aromatic rings. The first-order chi connectivity index (χ1) is 8.24. The quantitative estimate of drug-likeness (QED) is 0.819. The molecule has 1 saturated heterocycles. The molecule has 17 heavy (non-hydrogen) atoms. The van der Waals surface area contributed by atoms with Crippen LogP contribution in [0, 0.1) is 13.8 Å². The second-order valence-electron chi connectivity index (χ2n) is 4.93. The third-order valence-corrected chi connectivity index (χ3v) is 4.99. The van der Waals surface area contributed by atoms with Gasteiger partial charge in [0.1, 0.15) is 5.82 Å². The van der Waals surface area contributed by atoms with Gasteiger partial charge in [0.15, 0.2) is 0 Å². The molecule has 0 spiro atoms. The Labute approximate surface area is 106 Å². The summed E-state index contributed by atoms with van der Waals surface area (Å²) in [5, 5.41) is 0.580. The van der Waals surface area contributed by atoms with E-state index in [-0.39, 0.29) is 0 Å². The van der Waals surface area contributed by atoms with Crippen molar-refractivity contribution < 1.29 is 0 Å². The van der Waals surface area contributed by atoms with Crippen LogP contribution in [0.2, 0.25) is 0 Å². The number of H-pyrrole nitrogens is 1. The van der Waals surface area contributed by atoms with Crippen LogP contribution in [0.25, 0.3) is 11.0 Å². The fraction of sp³-hybridized carbons (Fsp3) is 0.500. The highest BCUT2D eigenvalue weighted by molar-refractivity contribution is 7.99. The number of nitrogens with zero attached hydrogens (tertiary/aromatic N) is 1. The Morgan fingerprint density at radius 1 is 1.24 bits per heavy atom. The van der Waals surface area contributed by atoms with Gasteiger partial charge in [0.05, 0.1) is 16.3 Å². The van der Waals surface area contributed by atoms with Crippen LogP contribution in [0.4, 0.5) is 0 Å². The van der Waals surface area contributed by atoms with Gasteiger partial charge in [0.2, 0.25) is 0 Å². The average molecular weight is 246 g/mol. The van der Waals surface area contributed by atoms with Gasteiger partial charge in [-0.1, -0.05) is 6.42 Å². The van der Waals surface area contributed by atoms with Crippen molar-refractivity contribution in [3.05, 3.63) is 29.1 Å². The minimum atomic E-state index is 0.580. The van der Waals surface area contributed by atoms with Gasteiger partial charge in [-0.2, -0.15) is 11.8 Å². The van der Waals surface area contributed by atoms with Gasteiger partial charge in [-0.3, -0.25) is 0 Å². The van der Waals surface area contributed by atoms with Gasteiger partial charge in [-0.15, -0.1) is 0 Å². The van der Waals surface area contributed by atoms with E-state index >= 15 is 0 Å². The summed E-state index contributed by atoms with van der Waals surface area (Å²) in [7, 11) is 0. The molecular weight excluding hydrogens is 228 g/mol. The molecule has 3 rings (SSSR count). The normalized spacial score (nSPS) is 20.9. The maximum absolute atomic E-state index is 4.76. The van der Waals surface area contributed by atoms with Crippen molar-refractivity contribution in [2.24, 2.45) is 0 Å². The van der Waals surface area contributed by atoms with Crippen molar-refractivity contribution in [1.29, 1.82) is 0 Å². The van der Waals surface area contributed by atoms with Crippen LogP contribution in [0.1, 0.15) is 41.5 Å². The smallest absolute Gasteiger partial charge is 0.120 e. The number of benzene rings is 1. The lowest BCUT2D eigenvalue weighted by atomic mass is 10.1. The zero-order chi connectivity index (χ0) is 11.8. The molecule has 0 aliphatic carbocycles. The average Bonchev–Trinajstić information content (AvgIpc) is 2.74. The van der Waals surface area contributed by atoms with E-state index in [4.69, 9.17) is 4.98 Å². The topological polar surface area (TPSA) is 28.7 Å². The first-order valence-electron chi connectivity index (χ1n) is 6.32. The molecule has 1 aliphatic rings. The maximum atomic E-state index is 4.76. The molecule has 3 heteroatoms. The number of hydrogen-bond acceptors (Lipinski definition) is 2. The number of hydrogen-bond donors (Lipinski definition) is 1. The van der Waals surface area contributed by atoms with E-state index in [0.717, 1.165) is 5.52 Å². The second-order valence-corrected chi connectivity index (χ2v) is 6.24. The summed E-state index contributed by atoms with van der Waals surface area (Å²) < 4.78 is 0. The summed E-state index contributed by atoms with van der Waals surface area (Å²) >= 11 is 2.05. The fourth-order valence-electron chi connectivity index (χ4n) is 2.40. The van der Waals surface area contributed by atoms with Crippen LogP contribution < -0.4 is 0 Å². The van der Waals surface area contributed by atoms with Crippen LogP contribution >= 0.6 is 11.8 Å². The molecule has 1 fully saturated rings. The van der Waals surface area contributed by atoms with E-state index in [1.54, 1.807) is 0 Å². The Hall–Kier alpha value is -0.960. The summed E-state index contributed by atoms with van der Waals surface area (Å²) in [5.41, 5.74) is 4.97. The highest BCUT2D eigenvalue weighted by Crippen LogP contribution is 2.37. The Kier molecular flexibility index (Phi) is 2.87. The standard InChI is InChI=1S/C14H18N2S/c1-9-7-11-12(8-10(9)2)16-14(15-11)13-5-3-4-6-17-13/h7-8,13H,3-6H2,1-2H3,(H,15,16). The number of aromatic amines is 1. The molecule has 2 nitrogen and oxygen atoms in total. The highest BCUT2D eigenvalue weighted by Gasteiger charge is 2.19. The zero-order valence-electron chi connectivity index (χ0n) is 10.4. The molecule has 2 heterocycles. The number of aryl methyl sites for hydroxylation is 2. The number of fused-ring (bicyclic) bond motifs is 1. The number of rotatable bonds is 1. The molecule has 1 aromatic heterocycles. The number of imidazole rings is 1. The minimum Gasteiger partial charge on any atom is -0.341 e.